The first-order chi connectivity index (χ1) is 26.0. The lowest BCUT2D eigenvalue weighted by Crippen LogP contribution is -2.45. The highest BCUT2D eigenvalue weighted by Crippen LogP contribution is 2.38. The van der Waals surface area contributed by atoms with Crippen LogP contribution in [0, 0.1) is 0 Å². The topological polar surface area (TPSA) is 108 Å². The minimum Gasteiger partial charge on any atom is -0.756 e. The number of aliphatic hydroxyl groups excluding tert-OH is 1. The van der Waals surface area contributed by atoms with Gasteiger partial charge in [0.15, 0.2) is 0 Å². The van der Waals surface area contributed by atoms with Gasteiger partial charge in [0.05, 0.1) is 39.9 Å². The molecule has 0 rings (SSSR count). The summed E-state index contributed by atoms with van der Waals surface area (Å²) in [6, 6.07) is -0.878. The number of aliphatic hydroxyl groups is 1. The predicted molar refractivity (Wildman–Crippen MR) is 229 cm³/mol. The van der Waals surface area contributed by atoms with Gasteiger partial charge in [-0.05, 0) is 19.3 Å². The summed E-state index contributed by atoms with van der Waals surface area (Å²) in [5.74, 6) is -0.201. The smallest absolute Gasteiger partial charge is 0.268 e. The maximum absolute atomic E-state index is 12.7. The number of quaternary nitrogens is 1. The minimum absolute atomic E-state index is 0.00173. The molecule has 0 aromatic carbocycles. The van der Waals surface area contributed by atoms with Crippen molar-refractivity contribution in [2.45, 2.75) is 231 Å². The Morgan fingerprint density at radius 2 is 1.00 bits per heavy atom. The highest BCUT2D eigenvalue weighted by Gasteiger charge is 2.23. The van der Waals surface area contributed by atoms with Crippen LogP contribution >= 0.6 is 7.82 Å². The van der Waals surface area contributed by atoms with Crippen LogP contribution in [0.1, 0.15) is 219 Å². The summed E-state index contributed by atoms with van der Waals surface area (Å²) in [5, 5.41) is 13.7. The van der Waals surface area contributed by atoms with Crippen LogP contribution in [0.4, 0.5) is 0 Å². The number of phosphoric acid groups is 1. The number of phosphoric ester groups is 1. The molecule has 54 heavy (non-hydrogen) atoms. The van der Waals surface area contributed by atoms with Crippen LogP contribution < -0.4 is 10.2 Å². The van der Waals surface area contributed by atoms with Gasteiger partial charge in [-0.25, -0.2) is 0 Å². The van der Waals surface area contributed by atoms with E-state index in [4.69, 9.17) is 9.05 Å². The van der Waals surface area contributed by atoms with E-state index in [-0.39, 0.29) is 19.1 Å². The van der Waals surface area contributed by atoms with Crippen molar-refractivity contribution in [2.24, 2.45) is 0 Å². The molecule has 0 heterocycles. The Bertz CT molecular complexity index is 896. The van der Waals surface area contributed by atoms with E-state index in [9.17, 15) is 19.4 Å². The molecule has 0 aliphatic heterocycles. The molecule has 0 saturated carbocycles. The molecular formula is C45H91N2O6P. The van der Waals surface area contributed by atoms with E-state index in [0.717, 1.165) is 38.5 Å². The highest BCUT2D eigenvalue weighted by atomic mass is 31.2. The Morgan fingerprint density at radius 3 is 1.39 bits per heavy atom. The van der Waals surface area contributed by atoms with Gasteiger partial charge >= 0.3 is 0 Å². The fourth-order valence-electron chi connectivity index (χ4n) is 6.80. The normalized spacial score (nSPS) is 14.4. The predicted octanol–water partition coefficient (Wildman–Crippen LogP) is 12.1. The molecule has 1 amide bonds. The van der Waals surface area contributed by atoms with Gasteiger partial charge in [-0.1, -0.05) is 206 Å². The first-order valence-electron chi connectivity index (χ1n) is 23.1. The van der Waals surface area contributed by atoms with Gasteiger partial charge in [0, 0.05) is 6.42 Å². The van der Waals surface area contributed by atoms with E-state index in [0.29, 0.717) is 17.4 Å². The quantitative estimate of drug-likeness (QED) is 0.0276. The van der Waals surface area contributed by atoms with Crippen LogP contribution in [0.15, 0.2) is 12.2 Å². The molecule has 8 nitrogen and oxygen atoms in total. The molecule has 0 aromatic heterocycles. The third-order valence-electron chi connectivity index (χ3n) is 10.5. The maximum atomic E-state index is 12.7. The molecule has 0 fully saturated rings. The van der Waals surface area contributed by atoms with Crippen molar-refractivity contribution in [2.75, 3.05) is 40.9 Å². The fourth-order valence-corrected chi connectivity index (χ4v) is 7.52. The summed E-state index contributed by atoms with van der Waals surface area (Å²) in [4.78, 5) is 25.1. The number of hydrogen-bond acceptors (Lipinski definition) is 6. The monoisotopic (exact) mass is 787 g/mol. The number of nitrogens with zero attached hydrogens (tertiary/aromatic N) is 1. The van der Waals surface area contributed by atoms with Crippen LogP contribution in [0.3, 0.4) is 0 Å². The maximum Gasteiger partial charge on any atom is 0.268 e. The van der Waals surface area contributed by atoms with Crippen molar-refractivity contribution in [1.29, 1.82) is 0 Å². The molecule has 0 aromatic rings. The first kappa shape index (κ1) is 53.2. The number of carbonyl (C=O) groups is 1. The lowest BCUT2D eigenvalue weighted by Gasteiger charge is -2.29. The van der Waals surface area contributed by atoms with Crippen LogP contribution in [0.25, 0.3) is 0 Å². The van der Waals surface area contributed by atoms with E-state index >= 15 is 0 Å². The Hall–Kier alpha value is -0.760. The van der Waals surface area contributed by atoms with Gasteiger partial charge < -0.3 is 28.8 Å². The number of carbonyl (C=O) groups excluding carboxylic acids is 1. The zero-order valence-electron chi connectivity index (χ0n) is 36.4. The molecule has 0 saturated heterocycles. The molecule has 0 spiro atoms. The third-order valence-corrected chi connectivity index (χ3v) is 11.5. The zero-order valence-corrected chi connectivity index (χ0v) is 37.3. The minimum atomic E-state index is -4.58. The molecule has 0 aliphatic rings. The second-order valence-electron chi connectivity index (χ2n) is 17.1. The molecule has 3 atom stereocenters. The number of unbranched alkanes of at least 4 members (excludes halogenated alkanes) is 29. The summed E-state index contributed by atoms with van der Waals surface area (Å²) in [5.41, 5.74) is 0. The summed E-state index contributed by atoms with van der Waals surface area (Å²) >= 11 is 0. The van der Waals surface area contributed by atoms with E-state index in [1.54, 1.807) is 6.08 Å². The van der Waals surface area contributed by atoms with E-state index in [1.807, 2.05) is 27.2 Å². The fraction of sp³-hybridized carbons (Fsp3) is 0.933. The van der Waals surface area contributed by atoms with Gasteiger partial charge in [0.25, 0.3) is 7.82 Å². The molecule has 3 unspecified atom stereocenters. The van der Waals surface area contributed by atoms with Crippen molar-refractivity contribution >= 4 is 13.7 Å². The van der Waals surface area contributed by atoms with Gasteiger partial charge in [0.2, 0.25) is 5.91 Å². The standard InChI is InChI=1S/C45H91N2O6P/c1-6-8-10-12-14-16-17-18-19-20-21-22-23-24-25-26-27-28-29-30-31-32-34-36-38-44(48)43(42-53-54(50,51)52-41-40-47(3,4)5)46-45(49)39-37-35-33-15-13-11-9-7-2/h36,38,43-44,48H,6-35,37,39-42H2,1-5H3,(H-,46,49,50,51)/b38-36+. The van der Waals surface area contributed by atoms with Gasteiger partial charge in [0.1, 0.15) is 13.2 Å². The number of hydrogen-bond donors (Lipinski definition) is 2. The summed E-state index contributed by atoms with van der Waals surface area (Å²) < 4.78 is 23.1. The summed E-state index contributed by atoms with van der Waals surface area (Å²) in [7, 11) is 1.27. The van der Waals surface area contributed by atoms with Crippen molar-refractivity contribution in [3.05, 3.63) is 12.2 Å². The number of amides is 1. The number of allylic oxidation sites excluding steroid dienone is 1. The Morgan fingerprint density at radius 1 is 0.630 bits per heavy atom. The molecule has 0 bridgehead atoms. The van der Waals surface area contributed by atoms with Crippen LogP contribution in [-0.4, -0.2) is 68.5 Å². The molecule has 0 radical (unpaired) electrons. The Labute approximate surface area is 335 Å². The van der Waals surface area contributed by atoms with Crippen molar-refractivity contribution in [3.63, 3.8) is 0 Å². The zero-order chi connectivity index (χ0) is 40.0. The van der Waals surface area contributed by atoms with Gasteiger partial charge in [-0.3, -0.25) is 9.36 Å². The van der Waals surface area contributed by atoms with Crippen molar-refractivity contribution < 1.29 is 32.9 Å². The van der Waals surface area contributed by atoms with Crippen LogP contribution in [-0.2, 0) is 18.4 Å². The number of nitrogens with one attached hydrogen (secondary N) is 1. The highest BCUT2D eigenvalue weighted by molar-refractivity contribution is 7.45. The largest absolute Gasteiger partial charge is 0.756 e. The number of likely N-dealkylation sites (N-methyl/N-ethyl adjacent to an activating group) is 1. The Kier molecular flexibility index (Phi) is 37.3. The molecule has 9 heteroatoms. The molecule has 322 valence electrons. The van der Waals surface area contributed by atoms with Crippen LogP contribution in [0.5, 0.6) is 0 Å². The van der Waals surface area contributed by atoms with E-state index in [1.165, 1.54) is 161 Å². The summed E-state index contributed by atoms with van der Waals surface area (Å²) in [6.07, 6.45) is 42.8. The van der Waals surface area contributed by atoms with E-state index in [2.05, 4.69) is 19.2 Å². The average molecular weight is 787 g/mol. The van der Waals surface area contributed by atoms with Crippen molar-refractivity contribution in [1.82, 2.24) is 5.32 Å². The first-order valence-corrected chi connectivity index (χ1v) is 24.5. The van der Waals surface area contributed by atoms with Crippen LogP contribution in [0.2, 0.25) is 0 Å². The third kappa shape index (κ3) is 39.5. The molecular weight excluding hydrogens is 695 g/mol. The molecule has 2 N–H and O–H groups in total. The van der Waals surface area contributed by atoms with E-state index < -0.39 is 20.0 Å². The lowest BCUT2D eigenvalue weighted by molar-refractivity contribution is -0.870. The lowest BCUT2D eigenvalue weighted by atomic mass is 10.0. The van der Waals surface area contributed by atoms with Gasteiger partial charge in [-0.15, -0.1) is 0 Å². The number of rotatable bonds is 42. The average Bonchev–Trinajstić information content (AvgIpc) is 3.12. The second kappa shape index (κ2) is 37.8. The van der Waals surface area contributed by atoms with Gasteiger partial charge in [-0.2, -0.15) is 0 Å². The van der Waals surface area contributed by atoms with Crippen molar-refractivity contribution in [3.8, 4) is 0 Å². The molecule has 0 aliphatic carbocycles. The SMILES string of the molecule is CCCCCCCCCCCCCCCCCCCCCCCC/C=C/C(O)C(COP(=O)([O-])OCC[N+](C)(C)C)NC(=O)CCCCCCCCCC. The Balaban J connectivity index is 4.17. The second-order valence-corrected chi connectivity index (χ2v) is 18.5. The summed E-state index contributed by atoms with van der Waals surface area (Å²) in [6.45, 7) is 4.62.